The highest BCUT2D eigenvalue weighted by Crippen LogP contribution is 2.45. The Labute approximate surface area is 156 Å². The molecule has 1 saturated carbocycles. The predicted octanol–water partition coefficient (Wildman–Crippen LogP) is 3.06. The molecule has 0 radical (unpaired) electrons. The van der Waals surface area contributed by atoms with E-state index in [0.29, 0.717) is 19.5 Å². The largest absolute Gasteiger partial charge is 0.327 e. The molecule has 0 bridgehead atoms. The summed E-state index contributed by atoms with van der Waals surface area (Å²) in [6, 6.07) is 0. The molecule has 0 aromatic carbocycles. The zero-order chi connectivity index (χ0) is 18.1. The Hall–Kier alpha value is -0.270. The molecule has 1 aliphatic carbocycles. The third-order valence-corrected chi connectivity index (χ3v) is 10.0. The van der Waals surface area contributed by atoms with Crippen molar-refractivity contribution in [2.75, 3.05) is 25.4 Å². The summed E-state index contributed by atoms with van der Waals surface area (Å²) in [5, 5.41) is -0.373. The highest BCUT2D eigenvalue weighted by Gasteiger charge is 2.47. The molecule has 2 aliphatic heterocycles. The standard InChI is InChI=1S/C18H32N2O3S2/c1-15(2)25(22,23)19-11-9-18(10-12-19)20(13-14-24-18)17(21)8-7-16-5-3-4-6-16/h15-16H,3-14H2,1-2H3. The zero-order valence-corrected chi connectivity index (χ0v) is 17.2. The predicted molar refractivity (Wildman–Crippen MR) is 103 cm³/mol. The fourth-order valence-electron chi connectivity index (χ4n) is 4.52. The Morgan fingerprint density at radius 1 is 1.16 bits per heavy atom. The van der Waals surface area contributed by atoms with E-state index in [0.717, 1.165) is 37.5 Å². The van der Waals surface area contributed by atoms with Crippen molar-refractivity contribution in [3.05, 3.63) is 0 Å². The summed E-state index contributed by atoms with van der Waals surface area (Å²) >= 11 is 1.86. The lowest BCUT2D eigenvalue weighted by Crippen LogP contribution is -2.54. The fraction of sp³-hybridized carbons (Fsp3) is 0.944. The van der Waals surface area contributed by atoms with E-state index in [2.05, 4.69) is 4.90 Å². The van der Waals surface area contributed by atoms with Crippen LogP contribution < -0.4 is 0 Å². The Kier molecular flexibility index (Phi) is 6.06. The first kappa shape index (κ1) is 19.5. The van der Waals surface area contributed by atoms with Gasteiger partial charge in [0.15, 0.2) is 0 Å². The second-order valence-electron chi connectivity index (χ2n) is 8.02. The van der Waals surface area contributed by atoms with Crippen LogP contribution in [-0.2, 0) is 14.8 Å². The molecule has 1 amide bonds. The van der Waals surface area contributed by atoms with Crippen molar-refractivity contribution in [1.82, 2.24) is 9.21 Å². The number of carbonyl (C=O) groups is 1. The monoisotopic (exact) mass is 388 g/mol. The second kappa shape index (κ2) is 7.77. The quantitative estimate of drug-likeness (QED) is 0.726. The van der Waals surface area contributed by atoms with Crippen LogP contribution in [0.5, 0.6) is 0 Å². The lowest BCUT2D eigenvalue weighted by molar-refractivity contribution is -0.134. The molecule has 3 aliphatic rings. The molecular formula is C18H32N2O3S2. The van der Waals surface area contributed by atoms with E-state index < -0.39 is 10.0 Å². The van der Waals surface area contributed by atoms with Crippen LogP contribution in [0.25, 0.3) is 0 Å². The molecule has 1 spiro atoms. The average Bonchev–Trinajstić information content (AvgIpc) is 3.23. The molecule has 0 aromatic heterocycles. The Morgan fingerprint density at radius 2 is 1.80 bits per heavy atom. The maximum Gasteiger partial charge on any atom is 0.223 e. The van der Waals surface area contributed by atoms with Gasteiger partial charge in [0.1, 0.15) is 0 Å². The maximum atomic E-state index is 12.8. The van der Waals surface area contributed by atoms with Crippen molar-refractivity contribution >= 4 is 27.7 Å². The normalized spacial score (nSPS) is 25.3. The van der Waals surface area contributed by atoms with Gasteiger partial charge >= 0.3 is 0 Å². The van der Waals surface area contributed by atoms with Gasteiger partial charge in [0.05, 0.1) is 10.1 Å². The van der Waals surface area contributed by atoms with E-state index in [9.17, 15) is 13.2 Å². The van der Waals surface area contributed by atoms with Gasteiger partial charge < -0.3 is 4.90 Å². The van der Waals surface area contributed by atoms with Gasteiger partial charge in [-0.05, 0) is 39.0 Å². The highest BCUT2D eigenvalue weighted by molar-refractivity contribution is 8.00. The maximum absolute atomic E-state index is 12.8. The van der Waals surface area contributed by atoms with E-state index in [1.807, 2.05) is 11.8 Å². The van der Waals surface area contributed by atoms with Crippen molar-refractivity contribution in [1.29, 1.82) is 0 Å². The smallest absolute Gasteiger partial charge is 0.223 e. The van der Waals surface area contributed by atoms with Crippen molar-refractivity contribution in [2.24, 2.45) is 5.92 Å². The molecule has 3 fully saturated rings. The minimum atomic E-state index is -3.18. The van der Waals surface area contributed by atoms with Crippen LogP contribution in [0.1, 0.15) is 65.2 Å². The summed E-state index contributed by atoms with van der Waals surface area (Å²) in [7, 11) is -3.18. The third-order valence-electron chi connectivity index (χ3n) is 6.18. The van der Waals surface area contributed by atoms with E-state index >= 15 is 0 Å². The molecule has 7 heteroatoms. The zero-order valence-electron chi connectivity index (χ0n) is 15.6. The van der Waals surface area contributed by atoms with Gasteiger partial charge in [0.25, 0.3) is 0 Å². The summed E-state index contributed by atoms with van der Waals surface area (Å²) in [5.41, 5.74) is 0. The van der Waals surface area contributed by atoms with E-state index in [-0.39, 0.29) is 16.0 Å². The number of nitrogens with zero attached hydrogens (tertiary/aromatic N) is 2. The molecule has 25 heavy (non-hydrogen) atoms. The van der Waals surface area contributed by atoms with Crippen LogP contribution in [0, 0.1) is 5.92 Å². The number of sulfonamides is 1. The van der Waals surface area contributed by atoms with E-state index in [4.69, 9.17) is 0 Å². The first-order valence-electron chi connectivity index (χ1n) is 9.78. The average molecular weight is 389 g/mol. The van der Waals surface area contributed by atoms with Gasteiger partial charge in [-0.1, -0.05) is 25.7 Å². The van der Waals surface area contributed by atoms with Gasteiger partial charge in [-0.2, -0.15) is 0 Å². The lowest BCUT2D eigenvalue weighted by atomic mass is 9.99. The fourth-order valence-corrected chi connectivity index (χ4v) is 7.29. The van der Waals surface area contributed by atoms with Gasteiger partial charge in [-0.15, -0.1) is 11.8 Å². The molecule has 2 saturated heterocycles. The van der Waals surface area contributed by atoms with Gasteiger partial charge in [0, 0.05) is 31.8 Å². The number of thioether (sulfide) groups is 1. The Morgan fingerprint density at radius 3 is 2.40 bits per heavy atom. The molecule has 5 nitrogen and oxygen atoms in total. The van der Waals surface area contributed by atoms with Crippen molar-refractivity contribution in [2.45, 2.75) is 75.3 Å². The van der Waals surface area contributed by atoms with E-state index in [1.54, 1.807) is 18.2 Å². The van der Waals surface area contributed by atoms with Crippen LogP contribution in [-0.4, -0.2) is 59.0 Å². The Bertz CT molecular complexity index is 577. The first-order chi connectivity index (χ1) is 11.8. The first-order valence-corrected chi connectivity index (χ1v) is 12.3. The van der Waals surface area contributed by atoms with Crippen molar-refractivity contribution in [3.8, 4) is 0 Å². The SMILES string of the molecule is CC(C)S(=O)(=O)N1CCC2(CC1)SCCN2C(=O)CCC1CCCC1. The Balaban J connectivity index is 1.58. The van der Waals surface area contributed by atoms with Crippen LogP contribution in [0.3, 0.4) is 0 Å². The second-order valence-corrected chi connectivity index (χ2v) is 12.0. The summed E-state index contributed by atoms with van der Waals surface area (Å²) in [6.07, 6.45) is 8.44. The van der Waals surface area contributed by atoms with Crippen molar-refractivity contribution < 1.29 is 13.2 Å². The summed E-state index contributed by atoms with van der Waals surface area (Å²) in [4.78, 5) is 14.8. The van der Waals surface area contributed by atoms with Crippen molar-refractivity contribution in [3.63, 3.8) is 0 Å². The minimum absolute atomic E-state index is 0.157. The number of piperidine rings is 1. The topological polar surface area (TPSA) is 57.7 Å². The van der Waals surface area contributed by atoms with Crippen LogP contribution in [0.4, 0.5) is 0 Å². The molecule has 3 rings (SSSR count). The van der Waals surface area contributed by atoms with Gasteiger partial charge in [-0.25, -0.2) is 12.7 Å². The summed E-state index contributed by atoms with van der Waals surface area (Å²) in [5.74, 6) is 2.01. The van der Waals surface area contributed by atoms with Crippen LogP contribution >= 0.6 is 11.8 Å². The minimum Gasteiger partial charge on any atom is -0.327 e. The number of hydrogen-bond acceptors (Lipinski definition) is 4. The van der Waals surface area contributed by atoms with E-state index in [1.165, 1.54) is 25.7 Å². The number of hydrogen-bond donors (Lipinski definition) is 0. The lowest BCUT2D eigenvalue weighted by Gasteiger charge is -2.44. The molecule has 144 valence electrons. The molecule has 0 unspecified atom stereocenters. The summed E-state index contributed by atoms with van der Waals surface area (Å²) in [6.45, 7) is 5.39. The highest BCUT2D eigenvalue weighted by atomic mass is 32.2. The third kappa shape index (κ3) is 4.03. The summed E-state index contributed by atoms with van der Waals surface area (Å²) < 4.78 is 26.4. The van der Waals surface area contributed by atoms with Gasteiger partial charge in [-0.3, -0.25) is 4.79 Å². The molecule has 2 heterocycles. The molecule has 0 N–H and O–H groups in total. The number of carbonyl (C=O) groups excluding carboxylic acids is 1. The number of rotatable bonds is 5. The molecule has 0 atom stereocenters. The molecular weight excluding hydrogens is 356 g/mol. The molecule has 0 aromatic rings. The van der Waals surface area contributed by atoms with Crippen LogP contribution in [0.2, 0.25) is 0 Å². The van der Waals surface area contributed by atoms with Crippen LogP contribution in [0.15, 0.2) is 0 Å². The van der Waals surface area contributed by atoms with Gasteiger partial charge in [0.2, 0.25) is 15.9 Å². The number of amides is 1.